The van der Waals surface area contributed by atoms with Crippen LogP contribution in [0.4, 0.5) is 5.13 Å². The number of hydrogen-bond acceptors (Lipinski definition) is 5. The summed E-state index contributed by atoms with van der Waals surface area (Å²) < 4.78 is 1.71. The van der Waals surface area contributed by atoms with Crippen molar-refractivity contribution >= 4 is 33.4 Å². The maximum absolute atomic E-state index is 12.6. The van der Waals surface area contributed by atoms with Gasteiger partial charge in [0.1, 0.15) is 0 Å². The lowest BCUT2D eigenvalue weighted by Gasteiger charge is -2.04. The molecule has 0 aliphatic rings. The summed E-state index contributed by atoms with van der Waals surface area (Å²) in [5.74, 6) is -0.228. The second-order valence-corrected chi connectivity index (χ2v) is 7.47. The molecular formula is C20H19N5OS. The predicted molar refractivity (Wildman–Crippen MR) is 108 cm³/mol. The highest BCUT2D eigenvalue weighted by Crippen LogP contribution is 2.28. The Hall–Kier alpha value is -3.06. The van der Waals surface area contributed by atoms with Gasteiger partial charge in [0.15, 0.2) is 10.8 Å². The highest BCUT2D eigenvalue weighted by atomic mass is 32.1. The fraction of sp³-hybridized carbons (Fsp3) is 0.200. The van der Waals surface area contributed by atoms with Crippen molar-refractivity contribution in [3.05, 3.63) is 58.2 Å². The Bertz CT molecular complexity index is 1170. The van der Waals surface area contributed by atoms with Gasteiger partial charge in [-0.05, 0) is 32.4 Å². The molecule has 1 amide bonds. The number of rotatable bonds is 3. The van der Waals surface area contributed by atoms with Crippen molar-refractivity contribution in [1.29, 1.82) is 0 Å². The van der Waals surface area contributed by atoms with Gasteiger partial charge >= 0.3 is 0 Å². The molecule has 0 aliphatic carbocycles. The molecular weight excluding hydrogens is 358 g/mol. The molecule has 0 spiro atoms. The Morgan fingerprint density at radius 2 is 2.00 bits per heavy atom. The fourth-order valence-electron chi connectivity index (χ4n) is 3.16. The molecule has 3 aromatic heterocycles. The van der Waals surface area contributed by atoms with E-state index in [1.165, 1.54) is 22.5 Å². The molecule has 0 unspecified atom stereocenters. The van der Waals surface area contributed by atoms with Crippen LogP contribution in [-0.4, -0.2) is 25.7 Å². The van der Waals surface area contributed by atoms with E-state index in [-0.39, 0.29) is 5.91 Å². The molecule has 1 N–H and O–H groups in total. The van der Waals surface area contributed by atoms with Crippen LogP contribution in [0.5, 0.6) is 0 Å². The van der Waals surface area contributed by atoms with Gasteiger partial charge in [0.25, 0.3) is 5.91 Å². The summed E-state index contributed by atoms with van der Waals surface area (Å²) in [5.41, 5.74) is 6.42. The average molecular weight is 377 g/mol. The SMILES string of the molecule is Cc1ccc(-c2csc(NC(=O)c3cnc4c(c3)c(C)nn4C)n2)c(C)c1. The summed E-state index contributed by atoms with van der Waals surface area (Å²) >= 11 is 1.41. The lowest BCUT2D eigenvalue weighted by molar-refractivity contribution is 0.102. The molecule has 4 aromatic rings. The van der Waals surface area contributed by atoms with E-state index in [9.17, 15) is 4.79 Å². The van der Waals surface area contributed by atoms with E-state index in [1.54, 1.807) is 10.9 Å². The zero-order valence-electron chi connectivity index (χ0n) is 15.6. The molecule has 0 saturated carbocycles. The van der Waals surface area contributed by atoms with Crippen molar-refractivity contribution in [2.24, 2.45) is 7.05 Å². The molecule has 4 rings (SSSR count). The monoisotopic (exact) mass is 377 g/mol. The van der Waals surface area contributed by atoms with Crippen molar-refractivity contribution in [2.75, 3.05) is 5.32 Å². The maximum Gasteiger partial charge on any atom is 0.259 e. The van der Waals surface area contributed by atoms with Gasteiger partial charge in [0.2, 0.25) is 0 Å². The lowest BCUT2D eigenvalue weighted by Crippen LogP contribution is -2.12. The van der Waals surface area contributed by atoms with Crippen LogP contribution in [0.2, 0.25) is 0 Å². The summed E-state index contributed by atoms with van der Waals surface area (Å²) in [4.78, 5) is 21.6. The smallest absolute Gasteiger partial charge is 0.259 e. The number of hydrogen-bond donors (Lipinski definition) is 1. The summed E-state index contributed by atoms with van der Waals surface area (Å²) in [6.45, 7) is 6.04. The molecule has 0 fully saturated rings. The quantitative estimate of drug-likeness (QED) is 0.579. The van der Waals surface area contributed by atoms with E-state index in [2.05, 4.69) is 52.4 Å². The molecule has 7 heteroatoms. The Morgan fingerprint density at radius 3 is 2.78 bits per heavy atom. The number of carbonyl (C=O) groups is 1. The molecule has 0 bridgehead atoms. The number of aromatic nitrogens is 4. The predicted octanol–water partition coefficient (Wildman–Crippen LogP) is 4.27. The second kappa shape index (κ2) is 6.59. The molecule has 0 atom stereocenters. The van der Waals surface area contributed by atoms with Crippen molar-refractivity contribution < 1.29 is 4.79 Å². The highest BCUT2D eigenvalue weighted by molar-refractivity contribution is 7.14. The van der Waals surface area contributed by atoms with Gasteiger partial charge in [-0.15, -0.1) is 11.3 Å². The van der Waals surface area contributed by atoms with Crippen molar-refractivity contribution in [3.63, 3.8) is 0 Å². The normalized spacial score (nSPS) is 11.1. The van der Waals surface area contributed by atoms with Crippen LogP contribution < -0.4 is 5.32 Å². The highest BCUT2D eigenvalue weighted by Gasteiger charge is 2.14. The zero-order valence-corrected chi connectivity index (χ0v) is 16.4. The largest absolute Gasteiger partial charge is 0.298 e. The Balaban J connectivity index is 1.58. The van der Waals surface area contributed by atoms with Crippen LogP contribution in [0, 0.1) is 20.8 Å². The third kappa shape index (κ3) is 3.21. The number of amides is 1. The Labute approximate surface area is 160 Å². The van der Waals surface area contributed by atoms with Crippen LogP contribution in [0.3, 0.4) is 0 Å². The van der Waals surface area contributed by atoms with Crippen LogP contribution in [0.25, 0.3) is 22.3 Å². The number of anilines is 1. The maximum atomic E-state index is 12.6. The zero-order chi connectivity index (χ0) is 19.1. The Kier molecular flexibility index (Phi) is 4.24. The lowest BCUT2D eigenvalue weighted by atomic mass is 10.0. The molecule has 0 aliphatic heterocycles. The van der Waals surface area contributed by atoms with E-state index in [0.29, 0.717) is 10.7 Å². The van der Waals surface area contributed by atoms with Crippen LogP contribution in [0.1, 0.15) is 27.2 Å². The van der Waals surface area contributed by atoms with Crippen LogP contribution in [-0.2, 0) is 7.05 Å². The summed E-state index contributed by atoms with van der Waals surface area (Å²) in [7, 11) is 1.84. The van der Waals surface area contributed by atoms with Gasteiger partial charge in [0, 0.05) is 29.6 Å². The first-order valence-corrected chi connectivity index (χ1v) is 9.44. The van der Waals surface area contributed by atoms with Crippen molar-refractivity contribution in [3.8, 4) is 11.3 Å². The summed E-state index contributed by atoms with van der Waals surface area (Å²) in [5, 5.41) is 10.6. The molecule has 0 saturated heterocycles. The molecule has 6 nitrogen and oxygen atoms in total. The van der Waals surface area contributed by atoms with Gasteiger partial charge in [-0.1, -0.05) is 23.8 Å². The van der Waals surface area contributed by atoms with E-state index in [1.807, 2.05) is 25.4 Å². The number of nitrogens with one attached hydrogen (secondary N) is 1. The molecule has 3 heterocycles. The first kappa shape index (κ1) is 17.4. The van der Waals surface area contributed by atoms with Crippen molar-refractivity contribution in [2.45, 2.75) is 20.8 Å². The van der Waals surface area contributed by atoms with E-state index < -0.39 is 0 Å². The first-order valence-electron chi connectivity index (χ1n) is 8.56. The molecule has 27 heavy (non-hydrogen) atoms. The number of fused-ring (bicyclic) bond motifs is 1. The standard InChI is InChI=1S/C20H19N5OS/c1-11-5-6-15(12(2)7-11)17-10-27-20(22-17)23-19(26)14-8-16-13(3)24-25(4)18(16)21-9-14/h5-10H,1-4H3,(H,22,23,26). The molecule has 1 aromatic carbocycles. The second-order valence-electron chi connectivity index (χ2n) is 6.61. The number of nitrogens with zero attached hydrogens (tertiary/aromatic N) is 4. The topological polar surface area (TPSA) is 72.7 Å². The third-order valence-electron chi connectivity index (χ3n) is 4.51. The number of pyridine rings is 1. The molecule has 0 radical (unpaired) electrons. The van der Waals surface area contributed by atoms with Gasteiger partial charge < -0.3 is 0 Å². The van der Waals surface area contributed by atoms with Crippen molar-refractivity contribution in [1.82, 2.24) is 19.7 Å². The molecule has 136 valence electrons. The number of thiazole rings is 1. The first-order chi connectivity index (χ1) is 12.9. The summed E-state index contributed by atoms with van der Waals surface area (Å²) in [6.07, 6.45) is 1.57. The van der Waals surface area contributed by atoms with Gasteiger partial charge in [0.05, 0.1) is 17.0 Å². The number of benzene rings is 1. The van der Waals surface area contributed by atoms with E-state index in [0.717, 1.165) is 28.0 Å². The summed E-state index contributed by atoms with van der Waals surface area (Å²) in [6, 6.07) is 8.08. The number of carbonyl (C=O) groups excluding carboxylic acids is 1. The van der Waals surface area contributed by atoms with E-state index in [4.69, 9.17) is 0 Å². The minimum absolute atomic E-state index is 0.228. The Morgan fingerprint density at radius 1 is 1.19 bits per heavy atom. The average Bonchev–Trinajstić information content (AvgIpc) is 3.19. The van der Waals surface area contributed by atoms with Crippen LogP contribution in [0.15, 0.2) is 35.8 Å². The van der Waals surface area contributed by atoms with Gasteiger partial charge in [-0.3, -0.25) is 14.8 Å². The van der Waals surface area contributed by atoms with E-state index >= 15 is 0 Å². The minimum atomic E-state index is -0.228. The minimum Gasteiger partial charge on any atom is -0.298 e. The fourth-order valence-corrected chi connectivity index (χ4v) is 3.86. The van der Waals surface area contributed by atoms with Crippen LogP contribution >= 0.6 is 11.3 Å². The third-order valence-corrected chi connectivity index (χ3v) is 5.27. The number of aryl methyl sites for hydroxylation is 4. The van der Waals surface area contributed by atoms with Gasteiger partial charge in [-0.2, -0.15) is 5.10 Å². The van der Waals surface area contributed by atoms with Gasteiger partial charge in [-0.25, -0.2) is 9.97 Å².